The minimum absolute atomic E-state index is 0.0200. The van der Waals surface area contributed by atoms with Gasteiger partial charge in [0.2, 0.25) is 5.88 Å². The maximum Gasteiger partial charge on any atom is 0.222 e. The Labute approximate surface area is 188 Å². The number of nitrogen functional groups attached to an aromatic ring is 1. The molecule has 164 valence electrons. The zero-order valence-corrected chi connectivity index (χ0v) is 19.6. The number of carbonyl (C=O) groups is 1. The van der Waals surface area contributed by atoms with Gasteiger partial charge in [0.15, 0.2) is 5.78 Å². The first kappa shape index (κ1) is 24.3. The number of anilines is 1. The predicted octanol–water partition coefficient (Wildman–Crippen LogP) is 7.64. The Bertz CT molecular complexity index is 965. The second-order valence-electron chi connectivity index (χ2n) is 7.80. The van der Waals surface area contributed by atoms with Gasteiger partial charge in [0, 0.05) is 24.3 Å². The van der Waals surface area contributed by atoms with E-state index >= 15 is 0 Å². The van der Waals surface area contributed by atoms with Crippen LogP contribution in [0.4, 0.5) is 5.88 Å². The molecule has 2 heterocycles. The molecule has 0 amide bonds. The highest BCUT2D eigenvalue weighted by molar-refractivity contribution is 6.45. The van der Waals surface area contributed by atoms with Crippen LogP contribution in [0.15, 0.2) is 28.8 Å². The molecule has 0 aliphatic carbocycles. The number of hydrogen-bond donors (Lipinski definition) is 2. The summed E-state index contributed by atoms with van der Waals surface area (Å²) in [6.07, 6.45) is 6.04. The van der Waals surface area contributed by atoms with Crippen molar-refractivity contribution in [3.05, 3.63) is 45.7 Å². The highest BCUT2D eigenvalue weighted by Crippen LogP contribution is 2.31. The molecule has 2 unspecified atom stereocenters. The third-order valence-corrected chi connectivity index (χ3v) is 6.18. The minimum atomic E-state index is -0.0200. The zero-order chi connectivity index (χ0) is 22.3. The lowest BCUT2D eigenvalue weighted by Gasteiger charge is -2.15. The van der Waals surface area contributed by atoms with Crippen LogP contribution in [-0.2, 0) is 0 Å². The van der Waals surface area contributed by atoms with E-state index in [1.165, 1.54) is 39.0 Å². The summed E-state index contributed by atoms with van der Waals surface area (Å²) in [7, 11) is 0. The van der Waals surface area contributed by atoms with E-state index in [0.29, 0.717) is 33.1 Å². The number of carbonyl (C=O) groups excluding carboxylic acids is 1. The second kappa shape index (κ2) is 11.4. The first-order valence-electron chi connectivity index (χ1n) is 10.5. The maximum absolute atomic E-state index is 11.1. The minimum Gasteiger partial charge on any atom is -0.368 e. The summed E-state index contributed by atoms with van der Waals surface area (Å²) in [6, 6.07) is 7.17. The van der Waals surface area contributed by atoms with Crippen molar-refractivity contribution in [1.29, 1.82) is 0 Å². The number of rotatable bonds is 8. The summed E-state index contributed by atoms with van der Waals surface area (Å²) in [5.41, 5.74) is 7.85. The molecule has 2 aromatic heterocycles. The van der Waals surface area contributed by atoms with Gasteiger partial charge in [-0.2, -0.15) is 0 Å². The van der Waals surface area contributed by atoms with E-state index in [1.54, 1.807) is 12.1 Å². The highest BCUT2D eigenvalue weighted by Gasteiger charge is 2.16. The number of Topliss-reactive ketones (excluding diaryl/α,β-unsaturated/α-hetero) is 1. The molecule has 0 fully saturated rings. The van der Waals surface area contributed by atoms with Crippen molar-refractivity contribution in [2.24, 2.45) is 5.92 Å². The van der Waals surface area contributed by atoms with Crippen LogP contribution in [0.3, 0.4) is 0 Å². The van der Waals surface area contributed by atoms with Gasteiger partial charge in [0.05, 0.1) is 26.9 Å². The summed E-state index contributed by atoms with van der Waals surface area (Å²) >= 11 is 11.8. The van der Waals surface area contributed by atoms with Gasteiger partial charge in [-0.3, -0.25) is 4.79 Å². The Morgan fingerprint density at radius 2 is 1.93 bits per heavy atom. The first-order chi connectivity index (χ1) is 14.3. The average Bonchev–Trinajstić information content (AvgIpc) is 3.35. The van der Waals surface area contributed by atoms with E-state index in [9.17, 15) is 4.79 Å². The molecule has 0 radical (unpaired) electrons. The number of aromatic nitrogens is 2. The third-order valence-electron chi connectivity index (χ3n) is 5.37. The van der Waals surface area contributed by atoms with E-state index in [-0.39, 0.29) is 5.78 Å². The molecule has 1 aromatic carbocycles. The quantitative estimate of drug-likeness (QED) is 0.344. The molecule has 5 nitrogen and oxygen atoms in total. The Hall–Kier alpha value is -1.98. The van der Waals surface area contributed by atoms with Crippen LogP contribution in [0.25, 0.3) is 10.9 Å². The third kappa shape index (κ3) is 6.51. The second-order valence-corrected chi connectivity index (χ2v) is 8.58. The van der Waals surface area contributed by atoms with Gasteiger partial charge in [-0.15, -0.1) is 0 Å². The Morgan fingerprint density at radius 3 is 2.50 bits per heavy atom. The number of hydrogen-bond acceptors (Lipinski definition) is 4. The normalized spacial score (nSPS) is 13.0. The summed E-state index contributed by atoms with van der Waals surface area (Å²) < 4.78 is 4.95. The van der Waals surface area contributed by atoms with Crippen LogP contribution in [0.1, 0.15) is 81.9 Å². The van der Waals surface area contributed by atoms with Gasteiger partial charge >= 0.3 is 0 Å². The number of ketones is 1. The van der Waals surface area contributed by atoms with Gasteiger partial charge in [0.1, 0.15) is 0 Å². The lowest BCUT2D eigenvalue weighted by atomic mass is 9.90. The highest BCUT2D eigenvalue weighted by atomic mass is 35.5. The molecule has 7 heteroatoms. The molecule has 0 aliphatic heterocycles. The van der Waals surface area contributed by atoms with Gasteiger partial charge in [-0.1, -0.05) is 74.5 Å². The number of nitrogens with two attached hydrogens (primary N) is 1. The lowest BCUT2D eigenvalue weighted by Crippen LogP contribution is -2.02. The first-order valence-corrected chi connectivity index (χ1v) is 11.2. The fourth-order valence-electron chi connectivity index (χ4n) is 3.30. The molecule has 0 saturated carbocycles. The summed E-state index contributed by atoms with van der Waals surface area (Å²) in [5, 5.41) is 5.87. The standard InChI is InChI=1S/C13H24N2O.C10H7Cl2NO/c1-4-6-11(8-7-10(3)5-2)12-9-13(14)16-15-12;1-5(14)8-4-6-2-3-7(11)9(12)10(6)13-8/h9-11H,4-8,14H2,1-3H3;2-4,13H,1H3. The smallest absolute Gasteiger partial charge is 0.222 e. The molecule has 0 saturated heterocycles. The number of aromatic amines is 1. The number of nitrogens with zero attached hydrogens (tertiary/aromatic N) is 1. The van der Waals surface area contributed by atoms with Crippen LogP contribution in [0, 0.1) is 5.92 Å². The van der Waals surface area contributed by atoms with Crippen molar-refractivity contribution < 1.29 is 9.32 Å². The van der Waals surface area contributed by atoms with Crippen LogP contribution < -0.4 is 5.73 Å². The van der Waals surface area contributed by atoms with E-state index in [1.807, 2.05) is 12.1 Å². The topological polar surface area (TPSA) is 84.9 Å². The molecular weight excluding hydrogens is 421 g/mol. The Kier molecular flexibility index (Phi) is 9.25. The lowest BCUT2D eigenvalue weighted by molar-refractivity contribution is 0.101. The number of fused-ring (bicyclic) bond motifs is 1. The SMILES string of the molecule is CC(=O)c1cc2ccc(Cl)c(Cl)c2[nH]1.CCCC(CCC(C)CC)c1cc(N)on1. The van der Waals surface area contributed by atoms with E-state index in [0.717, 1.165) is 17.0 Å². The molecule has 3 N–H and O–H groups in total. The number of benzene rings is 1. The fraction of sp³-hybridized carbons (Fsp3) is 0.478. The Morgan fingerprint density at radius 1 is 1.20 bits per heavy atom. The molecule has 0 aliphatic rings. The fourth-order valence-corrected chi connectivity index (χ4v) is 3.68. The largest absolute Gasteiger partial charge is 0.368 e. The molecular formula is C23H31Cl2N3O2. The molecule has 3 rings (SSSR count). The number of nitrogens with one attached hydrogen (secondary N) is 1. The van der Waals surface area contributed by atoms with Gasteiger partial charge < -0.3 is 15.2 Å². The molecule has 3 aromatic rings. The number of halogens is 2. The number of H-pyrrole nitrogens is 1. The zero-order valence-electron chi connectivity index (χ0n) is 18.1. The summed E-state index contributed by atoms with van der Waals surface area (Å²) in [5.74, 6) is 1.72. The van der Waals surface area contributed by atoms with Crippen molar-refractivity contribution in [3.63, 3.8) is 0 Å². The van der Waals surface area contributed by atoms with Crippen LogP contribution in [0.5, 0.6) is 0 Å². The van der Waals surface area contributed by atoms with Crippen molar-refractivity contribution >= 4 is 45.8 Å². The molecule has 0 spiro atoms. The Balaban J connectivity index is 0.000000215. The van der Waals surface area contributed by atoms with E-state index in [2.05, 4.69) is 30.9 Å². The molecule has 2 atom stereocenters. The van der Waals surface area contributed by atoms with Crippen molar-refractivity contribution in [2.75, 3.05) is 5.73 Å². The van der Waals surface area contributed by atoms with Crippen LogP contribution >= 0.6 is 23.2 Å². The van der Waals surface area contributed by atoms with Gasteiger partial charge in [-0.05, 0) is 30.9 Å². The van der Waals surface area contributed by atoms with Crippen LogP contribution in [-0.4, -0.2) is 15.9 Å². The monoisotopic (exact) mass is 451 g/mol. The van der Waals surface area contributed by atoms with Gasteiger partial charge in [-0.25, -0.2) is 0 Å². The van der Waals surface area contributed by atoms with Crippen LogP contribution in [0.2, 0.25) is 10.0 Å². The average molecular weight is 452 g/mol. The molecule has 0 bridgehead atoms. The maximum atomic E-state index is 11.1. The molecule has 30 heavy (non-hydrogen) atoms. The van der Waals surface area contributed by atoms with Gasteiger partial charge in [0.25, 0.3) is 0 Å². The van der Waals surface area contributed by atoms with E-state index < -0.39 is 0 Å². The summed E-state index contributed by atoms with van der Waals surface area (Å²) in [4.78, 5) is 14.0. The van der Waals surface area contributed by atoms with Crippen molar-refractivity contribution in [2.45, 2.75) is 65.7 Å². The van der Waals surface area contributed by atoms with Crippen molar-refractivity contribution in [3.8, 4) is 0 Å². The summed E-state index contributed by atoms with van der Waals surface area (Å²) in [6.45, 7) is 8.26. The van der Waals surface area contributed by atoms with E-state index in [4.69, 9.17) is 33.5 Å². The predicted molar refractivity (Wildman–Crippen MR) is 126 cm³/mol. The van der Waals surface area contributed by atoms with Crippen molar-refractivity contribution in [1.82, 2.24) is 10.1 Å².